The van der Waals surface area contributed by atoms with Crippen molar-refractivity contribution < 1.29 is 32.9 Å². The van der Waals surface area contributed by atoms with E-state index in [1.54, 1.807) is 6.08 Å². The van der Waals surface area contributed by atoms with Crippen molar-refractivity contribution in [2.24, 2.45) is 0 Å². The molecule has 0 radical (unpaired) electrons. The van der Waals surface area contributed by atoms with Crippen LogP contribution in [-0.2, 0) is 18.4 Å². The molecule has 0 aromatic rings. The van der Waals surface area contributed by atoms with Crippen molar-refractivity contribution in [2.75, 3.05) is 40.9 Å². The molecule has 0 aromatic carbocycles. The summed E-state index contributed by atoms with van der Waals surface area (Å²) < 4.78 is 23.8. The Kier molecular flexibility index (Phi) is 63.4. The Hall–Kier alpha value is -2.84. The van der Waals surface area contributed by atoms with Crippen LogP contribution in [0.15, 0.2) is 109 Å². The summed E-state index contributed by atoms with van der Waals surface area (Å²) in [6.07, 6.45) is 96.6. The van der Waals surface area contributed by atoms with E-state index in [9.17, 15) is 19.4 Å². The maximum atomic E-state index is 13.1. The highest BCUT2D eigenvalue weighted by atomic mass is 31.2. The summed E-state index contributed by atoms with van der Waals surface area (Å²) in [6, 6.07) is -0.861. The Labute approximate surface area is 527 Å². The van der Waals surface area contributed by atoms with Crippen molar-refractivity contribution in [3.8, 4) is 0 Å². The number of nitrogens with one attached hydrogen (secondary N) is 1. The average molecular weight is 1210 g/mol. The topological polar surface area (TPSA) is 105 Å². The Morgan fingerprint density at radius 1 is 0.412 bits per heavy atom. The highest BCUT2D eigenvalue weighted by Crippen LogP contribution is 2.43. The third kappa shape index (κ3) is 68.5. The summed E-state index contributed by atoms with van der Waals surface area (Å²) in [6.45, 7) is 4.72. The molecule has 9 heteroatoms. The molecule has 0 saturated carbocycles. The highest BCUT2D eigenvalue weighted by Gasteiger charge is 2.28. The van der Waals surface area contributed by atoms with E-state index in [2.05, 4.69) is 116 Å². The second kappa shape index (κ2) is 65.6. The SMILES string of the molecule is CC/C=C\C/C=C\C/C=C\C/C=C\C/C=C\C/C=C\C/C=C\C/C=C\CCCCCCCCCCC(=O)NC(COP(=O)(O)OCC[N+](C)(C)C)C(O)/C=C/CCCCCCCCCCCCCCCCCCCCCCCCCCCCCC. The quantitative estimate of drug-likeness (QED) is 0.0243. The lowest BCUT2D eigenvalue weighted by molar-refractivity contribution is -0.870. The number of hydrogen-bond acceptors (Lipinski definition) is 5. The number of amides is 1. The molecule has 0 heterocycles. The second-order valence-electron chi connectivity index (χ2n) is 25.2. The fraction of sp³-hybridized carbons (Fsp3) is 0.750. The van der Waals surface area contributed by atoms with Crippen LogP contribution in [0.1, 0.15) is 316 Å². The average Bonchev–Trinajstić information content (AvgIpc) is 3.49. The van der Waals surface area contributed by atoms with Crippen LogP contribution in [-0.4, -0.2) is 73.4 Å². The number of rotatable bonds is 65. The van der Waals surface area contributed by atoms with Crippen LogP contribution >= 0.6 is 7.82 Å². The fourth-order valence-electron chi connectivity index (χ4n) is 10.2. The van der Waals surface area contributed by atoms with Crippen LogP contribution in [0.5, 0.6) is 0 Å². The van der Waals surface area contributed by atoms with Crippen molar-refractivity contribution in [1.29, 1.82) is 0 Å². The third-order valence-electron chi connectivity index (χ3n) is 15.7. The Balaban J connectivity index is 4.13. The lowest BCUT2D eigenvalue weighted by atomic mass is 10.0. The van der Waals surface area contributed by atoms with E-state index in [1.165, 1.54) is 199 Å². The molecule has 492 valence electrons. The van der Waals surface area contributed by atoms with E-state index in [0.29, 0.717) is 17.4 Å². The minimum Gasteiger partial charge on any atom is -0.387 e. The maximum Gasteiger partial charge on any atom is 0.472 e. The molecule has 3 atom stereocenters. The molecule has 0 aliphatic carbocycles. The molecule has 8 nitrogen and oxygen atoms in total. The Bertz CT molecular complexity index is 1760. The normalized spacial score (nSPS) is 14.3. The van der Waals surface area contributed by atoms with Gasteiger partial charge in [-0.1, -0.05) is 335 Å². The molecule has 0 saturated heterocycles. The fourth-order valence-corrected chi connectivity index (χ4v) is 11.0. The summed E-state index contributed by atoms with van der Waals surface area (Å²) in [5.74, 6) is -0.186. The van der Waals surface area contributed by atoms with Crippen molar-refractivity contribution in [3.63, 3.8) is 0 Å². The molecule has 3 unspecified atom stereocenters. The number of hydrogen-bond donors (Lipinski definition) is 3. The molecule has 0 fully saturated rings. The van der Waals surface area contributed by atoms with Gasteiger partial charge in [0.1, 0.15) is 13.2 Å². The van der Waals surface area contributed by atoms with Gasteiger partial charge in [-0.3, -0.25) is 13.8 Å². The summed E-state index contributed by atoms with van der Waals surface area (Å²) in [5, 5.41) is 14.0. The number of aliphatic hydroxyl groups is 1. The molecule has 0 aliphatic heterocycles. The summed E-state index contributed by atoms with van der Waals surface area (Å²) in [5.41, 5.74) is 0. The van der Waals surface area contributed by atoms with E-state index >= 15 is 0 Å². The van der Waals surface area contributed by atoms with Gasteiger partial charge in [-0.05, 0) is 83.5 Å². The molecule has 1 amide bonds. The van der Waals surface area contributed by atoms with Gasteiger partial charge in [-0.2, -0.15) is 0 Å². The maximum absolute atomic E-state index is 13.1. The predicted molar refractivity (Wildman–Crippen MR) is 373 cm³/mol. The first kappa shape index (κ1) is 82.2. The highest BCUT2D eigenvalue weighted by molar-refractivity contribution is 7.47. The molecule has 0 rings (SSSR count). The van der Waals surface area contributed by atoms with E-state index in [4.69, 9.17) is 9.05 Å². The van der Waals surface area contributed by atoms with E-state index in [-0.39, 0.29) is 19.1 Å². The lowest BCUT2D eigenvalue weighted by Crippen LogP contribution is -2.45. The first-order valence-corrected chi connectivity index (χ1v) is 37.3. The number of phosphoric acid groups is 1. The zero-order valence-corrected chi connectivity index (χ0v) is 57.2. The van der Waals surface area contributed by atoms with Gasteiger partial charge in [0.05, 0.1) is 39.9 Å². The van der Waals surface area contributed by atoms with Crippen LogP contribution in [0.3, 0.4) is 0 Å². The summed E-state index contributed by atoms with van der Waals surface area (Å²) in [4.78, 5) is 23.4. The number of phosphoric ester groups is 1. The van der Waals surface area contributed by atoms with Gasteiger partial charge in [0.25, 0.3) is 0 Å². The molecule has 85 heavy (non-hydrogen) atoms. The number of quaternary nitrogens is 1. The van der Waals surface area contributed by atoms with Crippen molar-refractivity contribution in [3.05, 3.63) is 109 Å². The Morgan fingerprint density at radius 3 is 1.04 bits per heavy atom. The van der Waals surface area contributed by atoms with Crippen LogP contribution in [0.25, 0.3) is 0 Å². The monoisotopic (exact) mass is 1210 g/mol. The van der Waals surface area contributed by atoms with Gasteiger partial charge in [0.2, 0.25) is 5.91 Å². The molecule has 0 bridgehead atoms. The second-order valence-corrected chi connectivity index (χ2v) is 26.7. The number of allylic oxidation sites excluding steroid dienone is 17. The van der Waals surface area contributed by atoms with Crippen LogP contribution in [0.2, 0.25) is 0 Å². The number of nitrogens with zero attached hydrogens (tertiary/aromatic N) is 1. The molecular formula is C76H138N2O6P+. The zero-order chi connectivity index (χ0) is 61.9. The number of aliphatic hydroxyl groups excluding tert-OH is 1. The first-order chi connectivity index (χ1) is 41.5. The number of carbonyl (C=O) groups is 1. The summed E-state index contributed by atoms with van der Waals surface area (Å²) in [7, 11) is 1.56. The van der Waals surface area contributed by atoms with Crippen LogP contribution < -0.4 is 5.32 Å². The Morgan fingerprint density at radius 2 is 0.706 bits per heavy atom. The third-order valence-corrected chi connectivity index (χ3v) is 16.7. The van der Waals surface area contributed by atoms with E-state index in [1.807, 2.05) is 27.2 Å². The lowest BCUT2D eigenvalue weighted by Gasteiger charge is -2.25. The van der Waals surface area contributed by atoms with E-state index < -0.39 is 20.0 Å². The van der Waals surface area contributed by atoms with Gasteiger partial charge < -0.3 is 19.8 Å². The van der Waals surface area contributed by atoms with Gasteiger partial charge in [-0.15, -0.1) is 0 Å². The minimum atomic E-state index is -4.36. The van der Waals surface area contributed by atoms with Crippen molar-refractivity contribution >= 4 is 13.7 Å². The minimum absolute atomic E-state index is 0.0551. The standard InChI is InChI=1S/C76H137N2O6P/c1-6-8-10-12-14-16-18-20-22-24-26-28-30-32-34-36-38-39-40-42-44-46-48-50-52-54-56-58-60-62-64-66-68-70-76(80)77-74(73-84-85(81,82)83-72-71-78(3,4)5)75(79)69-67-65-63-61-59-57-55-53-51-49-47-45-43-41-37-35-33-31-29-27-25-23-21-19-17-15-13-11-9-7-2/h8,10,14,16,20,22,26,28,32,34,38-39,42,44,48,50,67,69,74-75,79H,6-7,9,11-13,15,17-19,21,23-25,27,29-31,33,35-37,40-41,43,45-47,49,51-66,68,70-73H2,1-5H3,(H-,77,80,81,82)/p+1/b10-8-,16-14-,22-20-,28-26-,34-32-,39-38-,44-42-,50-48-,69-67+. The van der Waals surface area contributed by atoms with Crippen molar-refractivity contribution in [1.82, 2.24) is 5.32 Å². The van der Waals surface area contributed by atoms with Gasteiger partial charge in [0.15, 0.2) is 0 Å². The van der Waals surface area contributed by atoms with Crippen molar-refractivity contribution in [2.45, 2.75) is 328 Å². The van der Waals surface area contributed by atoms with Gasteiger partial charge in [-0.25, -0.2) is 4.57 Å². The first-order valence-electron chi connectivity index (χ1n) is 35.8. The molecule has 0 aromatic heterocycles. The molecule has 0 spiro atoms. The number of likely N-dealkylation sites (N-methyl/N-ethyl adjacent to an activating group) is 1. The molecule has 3 N–H and O–H groups in total. The van der Waals surface area contributed by atoms with E-state index in [0.717, 1.165) is 96.3 Å². The molecular weight excluding hydrogens is 1070 g/mol. The zero-order valence-electron chi connectivity index (χ0n) is 56.3. The van der Waals surface area contributed by atoms with Gasteiger partial charge in [0, 0.05) is 6.42 Å². The summed E-state index contributed by atoms with van der Waals surface area (Å²) >= 11 is 0. The predicted octanol–water partition coefficient (Wildman–Crippen LogP) is 23.1. The van der Waals surface area contributed by atoms with Crippen LogP contribution in [0, 0.1) is 0 Å². The van der Waals surface area contributed by atoms with Gasteiger partial charge >= 0.3 is 7.82 Å². The number of unbranched alkanes of at least 4 members (excludes halogenated alkanes) is 36. The molecule has 0 aliphatic rings. The number of carbonyl (C=O) groups excluding carboxylic acids is 1. The van der Waals surface area contributed by atoms with Crippen LogP contribution in [0.4, 0.5) is 0 Å². The smallest absolute Gasteiger partial charge is 0.387 e. The largest absolute Gasteiger partial charge is 0.472 e.